The minimum atomic E-state index is -1.11. The van der Waals surface area contributed by atoms with Gasteiger partial charge in [0.2, 0.25) is 0 Å². The molecule has 0 atom stereocenters. The summed E-state index contributed by atoms with van der Waals surface area (Å²) >= 11 is 0. The molecule has 3 aliphatic carbocycles. The average molecular weight is 356 g/mol. The van der Waals surface area contributed by atoms with Crippen molar-refractivity contribution in [3.63, 3.8) is 0 Å². The first-order chi connectivity index (χ1) is 11.1. The van der Waals surface area contributed by atoms with E-state index in [1.807, 2.05) is 0 Å². The number of hydrogen-bond acceptors (Lipinski definition) is 5. The van der Waals surface area contributed by atoms with Crippen LogP contribution in [0.25, 0.3) is 0 Å². The third kappa shape index (κ3) is 9.28. The molecule has 0 spiro atoms. The van der Waals surface area contributed by atoms with Gasteiger partial charge in [0.25, 0.3) is 0 Å². The largest absolute Gasteiger partial charge is 1.00 e. The molecule has 0 unspecified atom stereocenters. The molecular weight excluding hydrogens is 333 g/mol. The molecule has 0 heterocycles. The summed E-state index contributed by atoms with van der Waals surface area (Å²) in [6, 6.07) is 0. The van der Waals surface area contributed by atoms with Gasteiger partial charge in [0.05, 0.1) is 5.92 Å². The van der Waals surface area contributed by atoms with E-state index in [0.717, 1.165) is 18.4 Å². The Kier molecular flexibility index (Phi) is 13.3. The van der Waals surface area contributed by atoms with E-state index in [0.29, 0.717) is 18.8 Å². The van der Waals surface area contributed by atoms with Crippen LogP contribution in [0.2, 0.25) is 0 Å². The van der Waals surface area contributed by atoms with Crippen LogP contribution in [0.1, 0.15) is 45.4 Å². The van der Waals surface area contributed by atoms with Gasteiger partial charge in [-0.15, -0.1) is 0 Å². The Morgan fingerprint density at radius 3 is 1.50 bits per heavy atom. The molecular formula is C17H23FLi2O6. The number of carbonyl (C=O) groups is 3. The zero-order valence-corrected chi connectivity index (χ0v) is 15.7. The third-order valence-corrected chi connectivity index (χ3v) is 4.54. The normalized spacial score (nSPS) is 28.5. The molecule has 6 nitrogen and oxygen atoms in total. The van der Waals surface area contributed by atoms with Crippen molar-refractivity contribution in [3.8, 4) is 0 Å². The Bertz CT molecular complexity index is 465. The summed E-state index contributed by atoms with van der Waals surface area (Å²) in [5.41, 5.74) is 1.03. The van der Waals surface area contributed by atoms with Crippen molar-refractivity contribution >= 4 is 17.9 Å². The van der Waals surface area contributed by atoms with E-state index < -0.39 is 30.0 Å². The van der Waals surface area contributed by atoms with Gasteiger partial charge in [-0.25, -0.2) is 4.39 Å². The average Bonchev–Trinajstić information content (AvgIpc) is 2.37. The van der Waals surface area contributed by atoms with Crippen LogP contribution in [0.5, 0.6) is 0 Å². The Morgan fingerprint density at radius 2 is 1.38 bits per heavy atom. The van der Waals surface area contributed by atoms with Gasteiger partial charge in [-0.1, -0.05) is 19.1 Å². The maximum absolute atomic E-state index is 11.8. The van der Waals surface area contributed by atoms with Crippen molar-refractivity contribution in [2.45, 2.75) is 51.6 Å². The van der Waals surface area contributed by atoms with Gasteiger partial charge in [-0.3, -0.25) is 4.79 Å². The molecule has 3 aliphatic rings. The number of carbonyl (C=O) groups excluding carboxylic acids is 2. The summed E-state index contributed by atoms with van der Waals surface area (Å²) in [4.78, 5) is 30.0. The van der Waals surface area contributed by atoms with E-state index in [4.69, 9.17) is 5.11 Å². The van der Waals surface area contributed by atoms with Crippen molar-refractivity contribution in [1.29, 1.82) is 0 Å². The summed E-state index contributed by atoms with van der Waals surface area (Å²) in [7, 11) is 0. The van der Waals surface area contributed by atoms with Crippen LogP contribution in [0.4, 0.5) is 4.39 Å². The first kappa shape index (κ1) is 27.5. The maximum Gasteiger partial charge on any atom is 1.00 e. The number of rotatable bonds is 3. The SMILES string of the molecule is C=C1CC(C(=O)[O-])C1.CC1CC(C(=O)O)C1.O=C([O-])C1CC(F)C1.[Li+].[Li+]. The minimum absolute atomic E-state index is 0. The van der Waals surface area contributed by atoms with E-state index in [-0.39, 0.29) is 62.4 Å². The van der Waals surface area contributed by atoms with E-state index in [1.54, 1.807) is 0 Å². The second-order valence-corrected chi connectivity index (χ2v) is 6.87. The molecule has 0 bridgehead atoms. The van der Waals surface area contributed by atoms with Gasteiger partial charge in [0, 0.05) is 23.8 Å². The van der Waals surface area contributed by atoms with Crippen LogP contribution in [0.15, 0.2) is 12.2 Å². The molecule has 3 rings (SSSR count). The molecule has 136 valence electrons. The van der Waals surface area contributed by atoms with E-state index in [1.165, 1.54) is 0 Å². The molecule has 0 aromatic carbocycles. The minimum Gasteiger partial charge on any atom is -0.550 e. The molecule has 3 fully saturated rings. The first-order valence-corrected chi connectivity index (χ1v) is 8.05. The second-order valence-electron chi connectivity index (χ2n) is 6.87. The topological polar surface area (TPSA) is 118 Å². The molecule has 3 saturated carbocycles. The molecule has 0 aliphatic heterocycles. The fourth-order valence-electron chi connectivity index (χ4n) is 2.65. The van der Waals surface area contributed by atoms with Crippen LogP contribution in [-0.4, -0.2) is 29.2 Å². The van der Waals surface area contributed by atoms with Crippen molar-refractivity contribution in [1.82, 2.24) is 0 Å². The Morgan fingerprint density at radius 1 is 0.962 bits per heavy atom. The Balaban J connectivity index is 0. The number of halogens is 1. The quantitative estimate of drug-likeness (QED) is 0.398. The molecule has 1 N–H and O–H groups in total. The predicted molar refractivity (Wildman–Crippen MR) is 79.0 cm³/mol. The number of alkyl halides is 1. The molecule has 9 heteroatoms. The Labute approximate surface area is 177 Å². The zero-order chi connectivity index (χ0) is 18.4. The number of carboxylic acid groups (broad SMARTS) is 3. The van der Waals surface area contributed by atoms with Crippen molar-refractivity contribution in [2.24, 2.45) is 23.7 Å². The van der Waals surface area contributed by atoms with Gasteiger partial charge in [-0.05, 0) is 44.4 Å². The predicted octanol–water partition coefficient (Wildman–Crippen LogP) is -5.69. The van der Waals surface area contributed by atoms with E-state index in [9.17, 15) is 29.0 Å². The van der Waals surface area contributed by atoms with Crippen LogP contribution in [-0.2, 0) is 14.4 Å². The van der Waals surface area contributed by atoms with E-state index in [2.05, 4.69) is 13.5 Å². The van der Waals surface area contributed by atoms with Crippen LogP contribution in [0.3, 0.4) is 0 Å². The first-order valence-electron chi connectivity index (χ1n) is 8.05. The number of hydrogen-bond donors (Lipinski definition) is 1. The molecule has 0 amide bonds. The third-order valence-electron chi connectivity index (χ3n) is 4.54. The van der Waals surface area contributed by atoms with Crippen LogP contribution >= 0.6 is 0 Å². The molecule has 0 radical (unpaired) electrons. The standard InChI is InChI=1S/C6H10O2.C6H8O2.C5H7FO2.2Li/c2*1-4-2-5(3-4)6(7)8;6-4-1-3(2-4)5(7)8;;/h4-5H,2-3H2,1H3,(H,7,8);5H,1-3H2,(H,7,8);3-4H,1-2H2,(H,7,8);;/q;;;2*+1/p-2. The van der Waals surface area contributed by atoms with Gasteiger partial charge in [0.15, 0.2) is 0 Å². The summed E-state index contributed by atoms with van der Waals surface area (Å²) < 4.78 is 11.8. The second kappa shape index (κ2) is 12.6. The van der Waals surface area contributed by atoms with Gasteiger partial charge >= 0.3 is 43.7 Å². The van der Waals surface area contributed by atoms with Gasteiger partial charge in [-0.2, -0.15) is 0 Å². The summed E-state index contributed by atoms with van der Waals surface area (Å²) in [5.74, 6) is -2.78. The Hall–Kier alpha value is -0.725. The van der Waals surface area contributed by atoms with Gasteiger partial charge in [0.1, 0.15) is 6.17 Å². The fourth-order valence-corrected chi connectivity index (χ4v) is 2.65. The van der Waals surface area contributed by atoms with Crippen LogP contribution in [0, 0.1) is 23.7 Å². The number of carboxylic acids is 3. The fraction of sp³-hybridized carbons (Fsp3) is 0.706. The summed E-state index contributed by atoms with van der Waals surface area (Å²) in [5, 5.41) is 28.2. The van der Waals surface area contributed by atoms with E-state index >= 15 is 0 Å². The molecule has 0 aromatic rings. The van der Waals surface area contributed by atoms with Crippen molar-refractivity contribution in [2.75, 3.05) is 0 Å². The van der Waals surface area contributed by atoms with Crippen molar-refractivity contribution < 1.29 is 71.8 Å². The monoisotopic (exact) mass is 356 g/mol. The summed E-state index contributed by atoms with van der Waals surface area (Å²) in [6.07, 6.45) is 2.44. The molecule has 0 aromatic heterocycles. The summed E-state index contributed by atoms with van der Waals surface area (Å²) in [6.45, 7) is 5.68. The number of aliphatic carboxylic acids is 3. The smallest absolute Gasteiger partial charge is 0.550 e. The number of allylic oxidation sites excluding steroid dienone is 1. The molecule has 26 heavy (non-hydrogen) atoms. The zero-order valence-electron chi connectivity index (χ0n) is 15.7. The van der Waals surface area contributed by atoms with Gasteiger partial charge < -0.3 is 24.9 Å². The molecule has 0 saturated heterocycles. The van der Waals surface area contributed by atoms with Crippen LogP contribution < -0.4 is 47.9 Å². The maximum atomic E-state index is 11.8. The van der Waals surface area contributed by atoms with Crippen molar-refractivity contribution in [3.05, 3.63) is 12.2 Å².